The van der Waals surface area contributed by atoms with Crippen molar-refractivity contribution in [1.29, 1.82) is 0 Å². The van der Waals surface area contributed by atoms with E-state index in [4.69, 9.17) is 0 Å². The van der Waals surface area contributed by atoms with E-state index in [0.29, 0.717) is 35.4 Å². The fourth-order valence-electron chi connectivity index (χ4n) is 4.92. The van der Waals surface area contributed by atoms with Gasteiger partial charge in [0, 0.05) is 24.3 Å². The molecule has 3 heterocycles. The van der Waals surface area contributed by atoms with E-state index < -0.39 is 24.2 Å². The molecule has 2 aromatic rings. The number of aliphatic hydroxyl groups is 1. The number of carbonyl (C=O) groups is 2. The van der Waals surface area contributed by atoms with E-state index in [0.717, 1.165) is 30.6 Å². The number of carbonyl (C=O) groups excluding carboxylic acids is 2. The van der Waals surface area contributed by atoms with Gasteiger partial charge in [-0.3, -0.25) is 9.59 Å². The third-order valence-electron chi connectivity index (χ3n) is 7.11. The number of likely N-dealkylation sites (tertiary alicyclic amines) is 1. The molecule has 202 valence electrons. The molecule has 3 N–H and O–H groups in total. The van der Waals surface area contributed by atoms with Crippen LogP contribution in [0.4, 0.5) is 19.0 Å². The van der Waals surface area contributed by atoms with Crippen LogP contribution in [-0.2, 0) is 0 Å². The summed E-state index contributed by atoms with van der Waals surface area (Å²) in [5.74, 6) is -0.685. The number of pyridine rings is 1. The molecule has 0 aromatic carbocycles. The highest BCUT2D eigenvalue weighted by Crippen LogP contribution is 2.36. The van der Waals surface area contributed by atoms with Crippen molar-refractivity contribution >= 4 is 29.0 Å². The first-order chi connectivity index (χ1) is 17.5. The average Bonchev–Trinajstić information content (AvgIpc) is 3.57. The van der Waals surface area contributed by atoms with Crippen LogP contribution in [0.1, 0.15) is 78.2 Å². The molecular weight excluding hydrogens is 507 g/mol. The van der Waals surface area contributed by atoms with Gasteiger partial charge in [-0.05, 0) is 64.0 Å². The number of thiazole rings is 1. The molecule has 0 radical (unpaired) electrons. The number of nitrogens with one attached hydrogen (secondary N) is 2. The Balaban J connectivity index is 1.67. The summed E-state index contributed by atoms with van der Waals surface area (Å²) in [6, 6.07) is -0.563. The molecule has 2 amide bonds. The lowest BCUT2D eigenvalue weighted by molar-refractivity contribution is -0.142. The van der Waals surface area contributed by atoms with Crippen LogP contribution < -0.4 is 10.6 Å². The van der Waals surface area contributed by atoms with Crippen LogP contribution in [0, 0.1) is 6.92 Å². The monoisotopic (exact) mass is 539 g/mol. The molecule has 1 saturated heterocycles. The standard InChI is InChI=1S/C25H32F3N5O3S/c1-4-18(25(26,27)28)31-19-11-13(2)15(12-29-19)21-20(24(36)33-10-6-7-14(33)3)32-23(37-21)22(35)30-16-8-5-9-17(16)34/h11-12,14,16-18,34H,4-10H2,1-3H3,(H,29,31)(H,30,35)/t14-,16+,17+,18-/m0/s1. The van der Waals surface area contributed by atoms with Crippen molar-refractivity contribution in [3.05, 3.63) is 28.5 Å². The molecule has 1 aliphatic carbocycles. The smallest absolute Gasteiger partial charge is 0.391 e. The van der Waals surface area contributed by atoms with E-state index in [1.54, 1.807) is 11.8 Å². The number of aromatic nitrogens is 2. The van der Waals surface area contributed by atoms with Gasteiger partial charge in [-0.15, -0.1) is 11.3 Å². The number of halogens is 3. The summed E-state index contributed by atoms with van der Waals surface area (Å²) in [7, 11) is 0. The van der Waals surface area contributed by atoms with Crippen molar-refractivity contribution in [3.8, 4) is 10.4 Å². The number of anilines is 1. The molecule has 8 nitrogen and oxygen atoms in total. The van der Waals surface area contributed by atoms with Crippen LogP contribution in [-0.4, -0.2) is 68.7 Å². The number of aryl methyl sites for hydroxylation is 1. The maximum atomic E-state index is 13.5. The van der Waals surface area contributed by atoms with Crippen molar-refractivity contribution in [2.75, 3.05) is 11.9 Å². The molecule has 37 heavy (non-hydrogen) atoms. The maximum Gasteiger partial charge on any atom is 0.408 e. The van der Waals surface area contributed by atoms with Gasteiger partial charge in [0.05, 0.1) is 17.0 Å². The maximum absolute atomic E-state index is 13.5. The predicted octanol–water partition coefficient (Wildman–Crippen LogP) is 4.53. The first-order valence-corrected chi connectivity index (χ1v) is 13.4. The highest BCUT2D eigenvalue weighted by molar-refractivity contribution is 7.17. The van der Waals surface area contributed by atoms with E-state index in [1.807, 2.05) is 6.92 Å². The lowest BCUT2D eigenvalue weighted by Gasteiger charge is -2.22. The molecule has 1 saturated carbocycles. The van der Waals surface area contributed by atoms with E-state index >= 15 is 0 Å². The van der Waals surface area contributed by atoms with E-state index in [2.05, 4.69) is 20.6 Å². The predicted molar refractivity (Wildman–Crippen MR) is 135 cm³/mol. The summed E-state index contributed by atoms with van der Waals surface area (Å²) in [5, 5.41) is 15.4. The van der Waals surface area contributed by atoms with Crippen LogP contribution in [0.2, 0.25) is 0 Å². The number of amides is 2. The molecule has 0 spiro atoms. The zero-order valence-electron chi connectivity index (χ0n) is 21.1. The lowest BCUT2D eigenvalue weighted by atomic mass is 10.1. The Kier molecular flexibility index (Phi) is 8.08. The summed E-state index contributed by atoms with van der Waals surface area (Å²) in [6.07, 6.45) is 0.0633. The van der Waals surface area contributed by atoms with Crippen LogP contribution in [0.25, 0.3) is 10.4 Å². The van der Waals surface area contributed by atoms with Crippen molar-refractivity contribution in [3.63, 3.8) is 0 Å². The molecule has 0 unspecified atom stereocenters. The Hall–Kier alpha value is -2.73. The number of rotatable bonds is 7. The minimum atomic E-state index is -4.41. The van der Waals surface area contributed by atoms with Gasteiger partial charge in [0.1, 0.15) is 17.6 Å². The topological polar surface area (TPSA) is 107 Å². The lowest BCUT2D eigenvalue weighted by Crippen LogP contribution is -2.40. The fraction of sp³-hybridized carbons (Fsp3) is 0.600. The molecule has 2 aromatic heterocycles. The Labute approximate surface area is 217 Å². The van der Waals surface area contributed by atoms with E-state index in [-0.39, 0.29) is 40.9 Å². The van der Waals surface area contributed by atoms with Crippen LogP contribution in [0.3, 0.4) is 0 Å². The second-order valence-corrected chi connectivity index (χ2v) is 10.8. The normalized spacial score (nSPS) is 22.8. The Bertz CT molecular complexity index is 1160. The Morgan fingerprint density at radius 1 is 1.27 bits per heavy atom. The fourth-order valence-corrected chi connectivity index (χ4v) is 5.96. The number of hydrogen-bond donors (Lipinski definition) is 3. The SMILES string of the molecule is CC[C@H](Nc1cc(C)c(-c2sc(C(=O)N[C@@H]3CCC[C@H]3O)nc2C(=O)N2CCC[C@@H]2C)cn1)C(F)(F)F. The molecular formula is C25H32F3N5O3S. The van der Waals surface area contributed by atoms with Gasteiger partial charge in [0.25, 0.3) is 11.8 Å². The zero-order chi connectivity index (χ0) is 26.9. The zero-order valence-corrected chi connectivity index (χ0v) is 21.9. The van der Waals surface area contributed by atoms with Gasteiger partial charge < -0.3 is 20.6 Å². The second kappa shape index (κ2) is 10.9. The van der Waals surface area contributed by atoms with Crippen LogP contribution in [0.15, 0.2) is 12.3 Å². The summed E-state index contributed by atoms with van der Waals surface area (Å²) in [6.45, 7) is 5.71. The summed E-state index contributed by atoms with van der Waals surface area (Å²) < 4.78 is 39.7. The van der Waals surface area contributed by atoms with Crippen molar-refractivity contribution in [1.82, 2.24) is 20.2 Å². The first-order valence-electron chi connectivity index (χ1n) is 12.6. The van der Waals surface area contributed by atoms with Gasteiger partial charge in [-0.2, -0.15) is 13.2 Å². The third-order valence-corrected chi connectivity index (χ3v) is 8.20. The van der Waals surface area contributed by atoms with Gasteiger partial charge in [-0.25, -0.2) is 9.97 Å². The van der Waals surface area contributed by atoms with Gasteiger partial charge >= 0.3 is 6.18 Å². The van der Waals surface area contributed by atoms with Gasteiger partial charge in [0.2, 0.25) is 0 Å². The Morgan fingerprint density at radius 3 is 2.59 bits per heavy atom. The van der Waals surface area contributed by atoms with Crippen molar-refractivity contribution in [2.24, 2.45) is 0 Å². The summed E-state index contributed by atoms with van der Waals surface area (Å²) in [4.78, 5) is 37.3. The highest BCUT2D eigenvalue weighted by Gasteiger charge is 2.38. The highest BCUT2D eigenvalue weighted by atomic mass is 32.1. The third kappa shape index (κ3) is 5.90. The summed E-state index contributed by atoms with van der Waals surface area (Å²) >= 11 is 1.04. The molecule has 1 aliphatic heterocycles. The van der Waals surface area contributed by atoms with E-state index in [1.165, 1.54) is 19.2 Å². The van der Waals surface area contributed by atoms with Crippen LogP contribution >= 0.6 is 11.3 Å². The average molecular weight is 540 g/mol. The van der Waals surface area contributed by atoms with E-state index in [9.17, 15) is 27.9 Å². The number of hydrogen-bond acceptors (Lipinski definition) is 7. The van der Waals surface area contributed by atoms with Crippen LogP contribution in [0.5, 0.6) is 0 Å². The molecule has 0 bridgehead atoms. The minimum Gasteiger partial charge on any atom is -0.391 e. The molecule has 4 atom stereocenters. The Morgan fingerprint density at radius 2 is 2.03 bits per heavy atom. The molecule has 4 rings (SSSR count). The number of alkyl halides is 3. The number of nitrogens with zero attached hydrogens (tertiary/aromatic N) is 3. The summed E-state index contributed by atoms with van der Waals surface area (Å²) in [5.41, 5.74) is 1.25. The van der Waals surface area contributed by atoms with Gasteiger partial charge in [-0.1, -0.05) is 6.92 Å². The first kappa shape index (κ1) is 27.3. The van der Waals surface area contributed by atoms with Crippen molar-refractivity contribution in [2.45, 2.75) is 89.7 Å². The second-order valence-electron chi connectivity index (χ2n) is 9.80. The molecule has 2 aliphatic rings. The van der Waals surface area contributed by atoms with Gasteiger partial charge in [0.15, 0.2) is 5.01 Å². The number of aliphatic hydroxyl groups excluding tert-OH is 1. The molecule has 12 heteroatoms. The minimum absolute atomic E-state index is 0.0344. The van der Waals surface area contributed by atoms with Crippen molar-refractivity contribution < 1.29 is 27.9 Å². The largest absolute Gasteiger partial charge is 0.408 e. The quantitative estimate of drug-likeness (QED) is 0.477. The molecule has 2 fully saturated rings.